The SMILES string of the molecule is CCCCN1CC[C@H]2N(CC(=O)Nc3cnn(C)c3)CCC[C@]2(CO)C1. The monoisotopic (exact) mass is 363 g/mol. The number of carbonyl (C=O) groups excluding carboxylic acids is 1. The molecule has 3 rings (SSSR count). The minimum atomic E-state index is -0.0845. The van der Waals surface area contributed by atoms with Crippen LogP contribution in [0.5, 0.6) is 0 Å². The van der Waals surface area contributed by atoms with Crippen molar-refractivity contribution >= 4 is 11.6 Å². The fourth-order valence-corrected chi connectivity index (χ4v) is 4.71. The van der Waals surface area contributed by atoms with Gasteiger partial charge in [0.15, 0.2) is 0 Å². The van der Waals surface area contributed by atoms with E-state index in [9.17, 15) is 9.90 Å². The number of nitrogens with one attached hydrogen (secondary N) is 1. The maximum Gasteiger partial charge on any atom is 0.238 e. The third kappa shape index (κ3) is 4.27. The average Bonchev–Trinajstić information content (AvgIpc) is 3.04. The molecule has 2 fully saturated rings. The van der Waals surface area contributed by atoms with E-state index in [1.807, 2.05) is 7.05 Å². The molecule has 2 aliphatic heterocycles. The minimum Gasteiger partial charge on any atom is -0.396 e. The number of unbranched alkanes of at least 4 members (excludes halogenated alkanes) is 1. The molecule has 7 heteroatoms. The maximum atomic E-state index is 12.5. The van der Waals surface area contributed by atoms with Crippen molar-refractivity contribution < 1.29 is 9.90 Å². The number of aromatic nitrogens is 2. The molecule has 26 heavy (non-hydrogen) atoms. The number of nitrogens with zero attached hydrogens (tertiary/aromatic N) is 4. The van der Waals surface area contributed by atoms with Gasteiger partial charge in [0.25, 0.3) is 0 Å². The van der Waals surface area contributed by atoms with Crippen molar-refractivity contribution in [1.82, 2.24) is 19.6 Å². The Labute approximate surface area is 156 Å². The van der Waals surface area contributed by atoms with Gasteiger partial charge in [-0.3, -0.25) is 14.4 Å². The zero-order chi connectivity index (χ0) is 18.6. The lowest BCUT2D eigenvalue weighted by molar-refractivity contribution is -0.123. The molecule has 2 aliphatic rings. The first kappa shape index (κ1) is 19.3. The molecule has 0 radical (unpaired) electrons. The van der Waals surface area contributed by atoms with E-state index in [0.29, 0.717) is 12.6 Å². The third-order valence-electron chi connectivity index (χ3n) is 6.00. The highest BCUT2D eigenvalue weighted by Gasteiger charge is 2.47. The number of anilines is 1. The number of amides is 1. The van der Waals surface area contributed by atoms with Crippen LogP contribution in [0, 0.1) is 5.41 Å². The Morgan fingerprint density at radius 3 is 3.00 bits per heavy atom. The van der Waals surface area contributed by atoms with E-state index in [2.05, 4.69) is 27.1 Å². The highest BCUT2D eigenvalue weighted by atomic mass is 16.3. The summed E-state index contributed by atoms with van der Waals surface area (Å²) >= 11 is 0. The van der Waals surface area contributed by atoms with Crippen LogP contribution in [-0.2, 0) is 11.8 Å². The first-order valence-electron chi connectivity index (χ1n) is 9.92. The number of hydrogen-bond donors (Lipinski definition) is 2. The molecular formula is C19H33N5O2. The molecule has 0 aliphatic carbocycles. The standard InChI is InChI=1S/C19H33N5O2/c1-3-4-8-23-10-6-17-19(14-23,15-25)7-5-9-24(17)13-18(26)21-16-11-20-22(2)12-16/h11-12,17,25H,3-10,13-15H2,1-2H3,(H,21,26)/t17-,19-/m1/s1. The summed E-state index contributed by atoms with van der Waals surface area (Å²) in [5, 5.41) is 17.3. The van der Waals surface area contributed by atoms with E-state index < -0.39 is 0 Å². The number of likely N-dealkylation sites (tertiary alicyclic amines) is 2. The third-order valence-corrected chi connectivity index (χ3v) is 6.00. The highest BCUT2D eigenvalue weighted by Crippen LogP contribution is 2.41. The number of carbonyl (C=O) groups is 1. The molecule has 146 valence electrons. The molecule has 0 saturated carbocycles. The van der Waals surface area contributed by atoms with Crippen molar-refractivity contribution in [3.63, 3.8) is 0 Å². The second-order valence-electron chi connectivity index (χ2n) is 7.98. The van der Waals surface area contributed by atoms with Crippen LogP contribution in [0.15, 0.2) is 12.4 Å². The van der Waals surface area contributed by atoms with Crippen LogP contribution in [0.4, 0.5) is 5.69 Å². The first-order valence-corrected chi connectivity index (χ1v) is 9.92. The van der Waals surface area contributed by atoms with E-state index in [-0.39, 0.29) is 17.9 Å². The lowest BCUT2D eigenvalue weighted by Gasteiger charge is -2.54. The van der Waals surface area contributed by atoms with Gasteiger partial charge >= 0.3 is 0 Å². The number of piperidine rings is 2. The molecule has 3 heterocycles. The molecule has 1 aromatic rings. The number of aliphatic hydroxyl groups is 1. The maximum absolute atomic E-state index is 12.5. The van der Waals surface area contributed by atoms with Crippen molar-refractivity contribution in [2.45, 2.75) is 45.1 Å². The summed E-state index contributed by atoms with van der Waals surface area (Å²) in [4.78, 5) is 17.3. The molecule has 2 saturated heterocycles. The molecule has 0 bridgehead atoms. The average molecular weight is 364 g/mol. The minimum absolute atomic E-state index is 0.000141. The van der Waals surface area contributed by atoms with Crippen LogP contribution in [0.2, 0.25) is 0 Å². The molecule has 2 N–H and O–H groups in total. The second-order valence-corrected chi connectivity index (χ2v) is 7.98. The molecule has 1 amide bonds. The zero-order valence-electron chi connectivity index (χ0n) is 16.2. The van der Waals surface area contributed by atoms with Gasteiger partial charge in [-0.05, 0) is 45.3 Å². The fourth-order valence-electron chi connectivity index (χ4n) is 4.71. The number of fused-ring (bicyclic) bond motifs is 1. The molecule has 7 nitrogen and oxygen atoms in total. The van der Waals surface area contributed by atoms with Crippen LogP contribution in [0.25, 0.3) is 0 Å². The van der Waals surface area contributed by atoms with Gasteiger partial charge < -0.3 is 15.3 Å². The van der Waals surface area contributed by atoms with Crippen LogP contribution < -0.4 is 5.32 Å². The number of rotatable bonds is 7. The number of aliphatic hydroxyl groups excluding tert-OH is 1. The van der Waals surface area contributed by atoms with E-state index in [1.165, 1.54) is 12.8 Å². The largest absolute Gasteiger partial charge is 0.396 e. The van der Waals surface area contributed by atoms with Crippen molar-refractivity contribution in [3.05, 3.63) is 12.4 Å². The molecule has 0 aromatic carbocycles. The Hall–Kier alpha value is -1.44. The van der Waals surface area contributed by atoms with Gasteiger partial charge in [0.05, 0.1) is 25.0 Å². The summed E-state index contributed by atoms with van der Waals surface area (Å²) in [6.45, 7) is 6.88. The van der Waals surface area contributed by atoms with Crippen molar-refractivity contribution in [1.29, 1.82) is 0 Å². The Kier molecular flexibility index (Phi) is 6.32. The van der Waals surface area contributed by atoms with Crippen LogP contribution in [-0.4, -0.2) is 76.0 Å². The molecule has 2 atom stereocenters. The second kappa shape index (κ2) is 8.50. The fraction of sp³-hybridized carbons (Fsp3) is 0.789. The zero-order valence-corrected chi connectivity index (χ0v) is 16.2. The van der Waals surface area contributed by atoms with E-state index >= 15 is 0 Å². The lowest BCUT2D eigenvalue weighted by atomic mass is 9.69. The predicted molar refractivity (Wildman–Crippen MR) is 102 cm³/mol. The Bertz CT molecular complexity index is 605. The van der Waals surface area contributed by atoms with Gasteiger partial charge in [0.1, 0.15) is 0 Å². The lowest BCUT2D eigenvalue weighted by Crippen LogP contribution is -2.63. The smallest absolute Gasteiger partial charge is 0.238 e. The van der Waals surface area contributed by atoms with E-state index in [4.69, 9.17) is 0 Å². The quantitative estimate of drug-likeness (QED) is 0.764. The van der Waals surface area contributed by atoms with E-state index in [0.717, 1.165) is 51.1 Å². The Morgan fingerprint density at radius 2 is 2.31 bits per heavy atom. The topological polar surface area (TPSA) is 73.6 Å². The van der Waals surface area contributed by atoms with Gasteiger partial charge in [0.2, 0.25) is 5.91 Å². The molecule has 0 unspecified atom stereocenters. The van der Waals surface area contributed by atoms with Crippen LogP contribution in [0.3, 0.4) is 0 Å². The van der Waals surface area contributed by atoms with Crippen molar-refractivity contribution in [2.75, 3.05) is 44.6 Å². The van der Waals surface area contributed by atoms with Crippen molar-refractivity contribution in [3.8, 4) is 0 Å². The summed E-state index contributed by atoms with van der Waals surface area (Å²) in [7, 11) is 1.84. The molecule has 0 spiro atoms. The summed E-state index contributed by atoms with van der Waals surface area (Å²) in [6, 6.07) is 0.291. The van der Waals surface area contributed by atoms with Crippen LogP contribution in [0.1, 0.15) is 39.0 Å². The normalized spacial score (nSPS) is 27.3. The summed E-state index contributed by atoms with van der Waals surface area (Å²) in [5.74, 6) is 0.000141. The van der Waals surface area contributed by atoms with Crippen LogP contribution >= 0.6 is 0 Å². The Morgan fingerprint density at radius 1 is 1.46 bits per heavy atom. The number of hydrogen-bond acceptors (Lipinski definition) is 5. The number of aryl methyl sites for hydroxylation is 1. The van der Waals surface area contributed by atoms with Gasteiger partial charge in [0, 0.05) is 31.2 Å². The Balaban J connectivity index is 1.62. The highest BCUT2D eigenvalue weighted by molar-refractivity contribution is 5.92. The van der Waals surface area contributed by atoms with Gasteiger partial charge in [-0.1, -0.05) is 13.3 Å². The summed E-state index contributed by atoms with van der Waals surface area (Å²) in [6.07, 6.45) is 9.01. The van der Waals surface area contributed by atoms with Gasteiger partial charge in [-0.25, -0.2) is 0 Å². The molecular weight excluding hydrogens is 330 g/mol. The summed E-state index contributed by atoms with van der Waals surface area (Å²) < 4.78 is 1.68. The van der Waals surface area contributed by atoms with Gasteiger partial charge in [-0.2, -0.15) is 5.10 Å². The van der Waals surface area contributed by atoms with E-state index in [1.54, 1.807) is 17.1 Å². The molecule has 1 aromatic heterocycles. The first-order chi connectivity index (χ1) is 12.6. The van der Waals surface area contributed by atoms with Gasteiger partial charge in [-0.15, -0.1) is 0 Å². The predicted octanol–water partition coefficient (Wildman–Crippen LogP) is 1.31. The summed E-state index contributed by atoms with van der Waals surface area (Å²) in [5.41, 5.74) is 0.649. The van der Waals surface area contributed by atoms with Crippen molar-refractivity contribution in [2.24, 2.45) is 12.5 Å².